The molecule has 0 saturated carbocycles. The molecule has 0 aromatic carbocycles. The molecular formula is C10H16N2O3. The van der Waals surface area contributed by atoms with Crippen LogP contribution in [0.4, 0.5) is 4.79 Å². The zero-order chi connectivity index (χ0) is 11.3. The van der Waals surface area contributed by atoms with Crippen molar-refractivity contribution in [3.05, 3.63) is 12.2 Å². The molecule has 1 aliphatic rings. The van der Waals surface area contributed by atoms with Gasteiger partial charge in [0.15, 0.2) is 0 Å². The molecule has 0 aromatic rings. The predicted molar refractivity (Wildman–Crippen MR) is 55.3 cm³/mol. The number of ether oxygens (including phenoxy) is 1. The number of nitrogens with one attached hydrogen (secondary N) is 1. The van der Waals surface area contributed by atoms with Gasteiger partial charge in [-0.2, -0.15) is 0 Å². The first-order valence-corrected chi connectivity index (χ1v) is 4.93. The lowest BCUT2D eigenvalue weighted by Gasteiger charge is -2.14. The second-order valence-corrected chi connectivity index (χ2v) is 3.41. The van der Waals surface area contributed by atoms with Crippen LogP contribution in [0.1, 0.15) is 13.3 Å². The second-order valence-electron chi connectivity index (χ2n) is 3.41. The van der Waals surface area contributed by atoms with E-state index in [0.717, 1.165) is 6.42 Å². The van der Waals surface area contributed by atoms with Gasteiger partial charge in [0, 0.05) is 13.1 Å². The summed E-state index contributed by atoms with van der Waals surface area (Å²) in [4.78, 5) is 24.1. The summed E-state index contributed by atoms with van der Waals surface area (Å²) in [6, 6.07) is 0.00616. The summed E-state index contributed by atoms with van der Waals surface area (Å²) in [5.41, 5.74) is 0. The minimum absolute atomic E-state index is 0.00616. The Morgan fingerprint density at radius 2 is 2.27 bits per heavy atom. The third-order valence-corrected chi connectivity index (χ3v) is 2.32. The summed E-state index contributed by atoms with van der Waals surface area (Å²) in [7, 11) is 1.33. The first kappa shape index (κ1) is 11.6. The number of alkyl carbamates (subject to hydrolysis) is 1. The molecule has 1 fully saturated rings. The lowest BCUT2D eigenvalue weighted by atomic mass is 10.3. The Morgan fingerprint density at radius 1 is 1.53 bits per heavy atom. The molecule has 1 N–H and O–H groups in total. The molecule has 0 spiro atoms. The highest BCUT2D eigenvalue weighted by Gasteiger charge is 2.26. The lowest BCUT2D eigenvalue weighted by molar-refractivity contribution is -0.125. The molecule has 5 nitrogen and oxygen atoms in total. The molecule has 84 valence electrons. The van der Waals surface area contributed by atoms with E-state index in [1.54, 1.807) is 17.9 Å². The van der Waals surface area contributed by atoms with E-state index in [9.17, 15) is 9.59 Å². The summed E-state index contributed by atoms with van der Waals surface area (Å²) in [6.07, 6.45) is 3.57. The van der Waals surface area contributed by atoms with E-state index in [1.165, 1.54) is 13.2 Å². The van der Waals surface area contributed by atoms with Gasteiger partial charge in [-0.3, -0.25) is 4.79 Å². The van der Waals surface area contributed by atoms with Gasteiger partial charge < -0.3 is 15.0 Å². The predicted octanol–water partition coefficient (Wildman–Crippen LogP) is 0.519. The first-order chi connectivity index (χ1) is 7.17. The second kappa shape index (κ2) is 5.38. The SMILES string of the molecule is C/C=C/C(=O)N1CCC(NC(=O)OC)C1. The Labute approximate surface area is 89.1 Å². The van der Waals surface area contributed by atoms with Crippen molar-refractivity contribution in [1.29, 1.82) is 0 Å². The molecule has 1 rings (SSSR count). The van der Waals surface area contributed by atoms with Crippen LogP contribution in [0.3, 0.4) is 0 Å². The van der Waals surface area contributed by atoms with Crippen LogP contribution in [-0.2, 0) is 9.53 Å². The van der Waals surface area contributed by atoms with Crippen molar-refractivity contribution in [2.24, 2.45) is 0 Å². The molecule has 1 unspecified atom stereocenters. The standard InChI is InChI=1S/C10H16N2O3/c1-3-4-9(13)12-6-5-8(7-12)11-10(14)15-2/h3-4,8H,5-7H2,1-2H3,(H,11,14)/b4-3+. The smallest absolute Gasteiger partial charge is 0.407 e. The van der Waals surface area contributed by atoms with E-state index < -0.39 is 6.09 Å². The number of carbonyl (C=O) groups is 2. The third-order valence-electron chi connectivity index (χ3n) is 2.32. The average molecular weight is 212 g/mol. The van der Waals surface area contributed by atoms with E-state index in [2.05, 4.69) is 10.1 Å². The summed E-state index contributed by atoms with van der Waals surface area (Å²) >= 11 is 0. The van der Waals surface area contributed by atoms with Crippen LogP contribution in [-0.4, -0.2) is 43.1 Å². The molecular weight excluding hydrogens is 196 g/mol. The van der Waals surface area contributed by atoms with Crippen molar-refractivity contribution in [2.75, 3.05) is 20.2 Å². The van der Waals surface area contributed by atoms with E-state index in [-0.39, 0.29) is 11.9 Å². The quantitative estimate of drug-likeness (QED) is 0.679. The fourth-order valence-electron chi connectivity index (χ4n) is 1.55. The maximum absolute atomic E-state index is 11.4. The Hall–Kier alpha value is -1.52. The minimum atomic E-state index is -0.444. The monoisotopic (exact) mass is 212 g/mol. The van der Waals surface area contributed by atoms with Crippen LogP contribution >= 0.6 is 0 Å². The van der Waals surface area contributed by atoms with Gasteiger partial charge in [0.2, 0.25) is 5.91 Å². The van der Waals surface area contributed by atoms with Gasteiger partial charge in [-0.15, -0.1) is 0 Å². The largest absolute Gasteiger partial charge is 0.453 e. The molecule has 1 saturated heterocycles. The summed E-state index contributed by atoms with van der Waals surface area (Å²) in [5, 5.41) is 2.68. The fourth-order valence-corrected chi connectivity index (χ4v) is 1.55. The van der Waals surface area contributed by atoms with E-state index in [1.807, 2.05) is 0 Å². The Kier molecular flexibility index (Phi) is 4.15. The van der Waals surface area contributed by atoms with Crippen molar-refractivity contribution in [2.45, 2.75) is 19.4 Å². The number of hydrogen-bond donors (Lipinski definition) is 1. The van der Waals surface area contributed by atoms with Gasteiger partial charge in [0.25, 0.3) is 0 Å². The highest BCUT2D eigenvalue weighted by Crippen LogP contribution is 2.09. The number of amides is 2. The third kappa shape index (κ3) is 3.27. The molecule has 1 heterocycles. The van der Waals surface area contributed by atoms with Crippen LogP contribution in [0.25, 0.3) is 0 Å². The molecule has 15 heavy (non-hydrogen) atoms. The van der Waals surface area contributed by atoms with Gasteiger partial charge >= 0.3 is 6.09 Å². The van der Waals surface area contributed by atoms with Crippen molar-refractivity contribution in [1.82, 2.24) is 10.2 Å². The van der Waals surface area contributed by atoms with Gasteiger partial charge in [0.1, 0.15) is 0 Å². The van der Waals surface area contributed by atoms with Gasteiger partial charge in [-0.1, -0.05) is 6.08 Å². The molecule has 0 aromatic heterocycles. The molecule has 1 atom stereocenters. The van der Waals surface area contributed by atoms with E-state index in [0.29, 0.717) is 13.1 Å². The van der Waals surface area contributed by atoms with Crippen molar-refractivity contribution in [3.8, 4) is 0 Å². The van der Waals surface area contributed by atoms with Gasteiger partial charge in [0.05, 0.1) is 13.2 Å². The number of carbonyl (C=O) groups excluding carboxylic acids is 2. The number of likely N-dealkylation sites (tertiary alicyclic amines) is 1. The summed E-state index contributed by atoms with van der Waals surface area (Å²) in [6.45, 7) is 3.04. The van der Waals surface area contributed by atoms with Gasteiger partial charge in [-0.05, 0) is 19.4 Å². The van der Waals surface area contributed by atoms with E-state index >= 15 is 0 Å². The number of allylic oxidation sites excluding steroid dienone is 1. The van der Waals surface area contributed by atoms with Crippen LogP contribution in [0, 0.1) is 0 Å². The molecule has 0 bridgehead atoms. The van der Waals surface area contributed by atoms with Crippen LogP contribution in [0.2, 0.25) is 0 Å². The lowest BCUT2D eigenvalue weighted by Crippen LogP contribution is -2.38. The molecule has 5 heteroatoms. The molecule has 1 aliphatic heterocycles. The normalized spacial score (nSPS) is 20.7. The highest BCUT2D eigenvalue weighted by molar-refractivity contribution is 5.87. The van der Waals surface area contributed by atoms with Crippen LogP contribution in [0.15, 0.2) is 12.2 Å². The van der Waals surface area contributed by atoms with Crippen LogP contribution in [0.5, 0.6) is 0 Å². The Morgan fingerprint density at radius 3 is 2.87 bits per heavy atom. The van der Waals surface area contributed by atoms with Crippen LogP contribution < -0.4 is 5.32 Å². The molecule has 2 amide bonds. The number of methoxy groups -OCH3 is 1. The minimum Gasteiger partial charge on any atom is -0.453 e. The zero-order valence-corrected chi connectivity index (χ0v) is 9.03. The Balaban J connectivity index is 2.38. The maximum atomic E-state index is 11.4. The summed E-state index contributed by atoms with van der Waals surface area (Å²) in [5.74, 6) is -0.00772. The number of nitrogens with zero attached hydrogens (tertiary/aromatic N) is 1. The van der Waals surface area contributed by atoms with E-state index in [4.69, 9.17) is 0 Å². The summed E-state index contributed by atoms with van der Waals surface area (Å²) < 4.78 is 4.49. The highest BCUT2D eigenvalue weighted by atomic mass is 16.5. The molecule has 0 aliphatic carbocycles. The Bertz CT molecular complexity index is 276. The number of rotatable bonds is 2. The molecule has 0 radical (unpaired) electrons. The zero-order valence-electron chi connectivity index (χ0n) is 9.03. The maximum Gasteiger partial charge on any atom is 0.407 e. The average Bonchev–Trinajstić information content (AvgIpc) is 2.66. The van der Waals surface area contributed by atoms with Crippen molar-refractivity contribution >= 4 is 12.0 Å². The van der Waals surface area contributed by atoms with Crippen molar-refractivity contribution in [3.63, 3.8) is 0 Å². The fraction of sp³-hybridized carbons (Fsp3) is 0.600. The van der Waals surface area contributed by atoms with Gasteiger partial charge in [-0.25, -0.2) is 4.79 Å². The topological polar surface area (TPSA) is 58.6 Å². The number of hydrogen-bond acceptors (Lipinski definition) is 3. The first-order valence-electron chi connectivity index (χ1n) is 4.93. The van der Waals surface area contributed by atoms with Crippen molar-refractivity contribution < 1.29 is 14.3 Å².